The number of nitrogens with zero attached hydrogens (tertiary/aromatic N) is 2. The summed E-state index contributed by atoms with van der Waals surface area (Å²) in [5.41, 5.74) is 3.30. The SMILES string of the molecule is CCC(CNC(=O)Cn1c(-c2cccc(C)c2)n[nH]c1=S)c1ccccc1. The highest BCUT2D eigenvalue weighted by Gasteiger charge is 2.14. The fourth-order valence-electron chi connectivity index (χ4n) is 3.13. The topological polar surface area (TPSA) is 62.7 Å². The number of aromatic nitrogens is 3. The molecule has 1 atom stereocenters. The maximum Gasteiger partial charge on any atom is 0.240 e. The highest BCUT2D eigenvalue weighted by Crippen LogP contribution is 2.19. The highest BCUT2D eigenvalue weighted by molar-refractivity contribution is 7.71. The van der Waals surface area contributed by atoms with Crippen LogP contribution in [0.2, 0.25) is 0 Å². The molecule has 0 spiro atoms. The number of nitrogens with one attached hydrogen (secondary N) is 2. The van der Waals surface area contributed by atoms with E-state index in [1.54, 1.807) is 4.57 Å². The van der Waals surface area contributed by atoms with Crippen LogP contribution in [-0.4, -0.2) is 27.2 Å². The molecule has 27 heavy (non-hydrogen) atoms. The molecule has 0 aliphatic rings. The lowest BCUT2D eigenvalue weighted by Gasteiger charge is -2.16. The second-order valence-electron chi connectivity index (χ2n) is 6.63. The van der Waals surface area contributed by atoms with Gasteiger partial charge in [-0.1, -0.05) is 61.0 Å². The summed E-state index contributed by atoms with van der Waals surface area (Å²) < 4.78 is 2.18. The van der Waals surface area contributed by atoms with Gasteiger partial charge in [0.05, 0.1) is 0 Å². The van der Waals surface area contributed by atoms with Crippen molar-refractivity contribution in [3.63, 3.8) is 0 Å². The summed E-state index contributed by atoms with van der Waals surface area (Å²) in [5, 5.41) is 10.1. The predicted molar refractivity (Wildman–Crippen MR) is 110 cm³/mol. The molecule has 1 unspecified atom stereocenters. The van der Waals surface area contributed by atoms with Gasteiger partial charge in [0.2, 0.25) is 5.91 Å². The number of amides is 1. The van der Waals surface area contributed by atoms with Crippen LogP contribution in [0.4, 0.5) is 0 Å². The Hall–Kier alpha value is -2.73. The van der Waals surface area contributed by atoms with Gasteiger partial charge in [0.25, 0.3) is 0 Å². The Labute approximate surface area is 164 Å². The first-order chi connectivity index (χ1) is 13.1. The van der Waals surface area contributed by atoms with Gasteiger partial charge < -0.3 is 5.32 Å². The van der Waals surface area contributed by atoms with Gasteiger partial charge in [0.15, 0.2) is 10.6 Å². The molecule has 1 amide bonds. The van der Waals surface area contributed by atoms with Crippen LogP contribution >= 0.6 is 12.2 Å². The smallest absolute Gasteiger partial charge is 0.240 e. The highest BCUT2D eigenvalue weighted by atomic mass is 32.1. The van der Waals surface area contributed by atoms with E-state index in [4.69, 9.17) is 12.2 Å². The van der Waals surface area contributed by atoms with Gasteiger partial charge in [-0.15, -0.1) is 0 Å². The van der Waals surface area contributed by atoms with Crippen molar-refractivity contribution in [2.75, 3.05) is 6.54 Å². The van der Waals surface area contributed by atoms with Crippen LogP contribution in [0.1, 0.15) is 30.4 Å². The van der Waals surface area contributed by atoms with Crippen molar-refractivity contribution in [3.8, 4) is 11.4 Å². The minimum absolute atomic E-state index is 0.0733. The summed E-state index contributed by atoms with van der Waals surface area (Å²) in [6.45, 7) is 4.90. The molecular weight excluding hydrogens is 356 g/mol. The van der Waals surface area contributed by atoms with E-state index in [1.165, 1.54) is 5.56 Å². The minimum Gasteiger partial charge on any atom is -0.354 e. The van der Waals surface area contributed by atoms with Gasteiger partial charge in [0, 0.05) is 18.0 Å². The minimum atomic E-state index is -0.0733. The Kier molecular flexibility index (Phi) is 6.19. The molecule has 0 radical (unpaired) electrons. The molecule has 2 N–H and O–H groups in total. The van der Waals surface area contributed by atoms with Crippen LogP contribution < -0.4 is 5.32 Å². The summed E-state index contributed by atoms with van der Waals surface area (Å²) >= 11 is 5.32. The van der Waals surface area contributed by atoms with Crippen molar-refractivity contribution in [2.45, 2.75) is 32.7 Å². The van der Waals surface area contributed by atoms with E-state index < -0.39 is 0 Å². The number of benzene rings is 2. The van der Waals surface area contributed by atoms with Crippen molar-refractivity contribution in [1.82, 2.24) is 20.1 Å². The van der Waals surface area contributed by atoms with Crippen molar-refractivity contribution in [2.24, 2.45) is 0 Å². The molecule has 0 aliphatic heterocycles. The third kappa shape index (κ3) is 4.71. The molecule has 0 saturated heterocycles. The molecule has 2 aromatic carbocycles. The van der Waals surface area contributed by atoms with Crippen molar-refractivity contribution < 1.29 is 4.79 Å². The molecule has 0 aliphatic carbocycles. The lowest BCUT2D eigenvalue weighted by atomic mass is 9.96. The first kappa shape index (κ1) is 19.0. The van der Waals surface area contributed by atoms with Gasteiger partial charge in [-0.3, -0.25) is 14.5 Å². The maximum atomic E-state index is 12.5. The lowest BCUT2D eigenvalue weighted by molar-refractivity contribution is -0.121. The summed E-state index contributed by atoms with van der Waals surface area (Å²) in [4.78, 5) is 12.5. The van der Waals surface area contributed by atoms with Crippen molar-refractivity contribution >= 4 is 18.1 Å². The van der Waals surface area contributed by atoms with Crippen LogP contribution in [0.15, 0.2) is 54.6 Å². The zero-order valence-corrected chi connectivity index (χ0v) is 16.4. The van der Waals surface area contributed by atoms with Crippen molar-refractivity contribution in [3.05, 3.63) is 70.5 Å². The van der Waals surface area contributed by atoms with Crippen LogP contribution in [0.25, 0.3) is 11.4 Å². The third-order valence-corrected chi connectivity index (χ3v) is 4.96. The first-order valence-corrected chi connectivity index (χ1v) is 9.53. The van der Waals surface area contributed by atoms with Gasteiger partial charge in [-0.05, 0) is 37.2 Å². The monoisotopic (exact) mass is 380 g/mol. The van der Waals surface area contributed by atoms with Crippen LogP contribution in [0.5, 0.6) is 0 Å². The number of hydrogen-bond acceptors (Lipinski definition) is 3. The van der Waals surface area contributed by atoms with E-state index in [1.807, 2.05) is 49.4 Å². The summed E-state index contributed by atoms with van der Waals surface area (Å²) in [6, 6.07) is 18.2. The molecule has 1 aromatic heterocycles. The van der Waals surface area contributed by atoms with Crippen LogP contribution in [-0.2, 0) is 11.3 Å². The molecule has 3 rings (SSSR count). The molecular formula is C21H24N4OS. The first-order valence-electron chi connectivity index (χ1n) is 9.12. The molecule has 6 heteroatoms. The number of aryl methyl sites for hydroxylation is 1. The maximum absolute atomic E-state index is 12.5. The Balaban J connectivity index is 1.70. The van der Waals surface area contributed by atoms with E-state index in [9.17, 15) is 4.79 Å². The molecule has 1 heterocycles. The standard InChI is InChI=1S/C21H24N4OS/c1-3-16(17-9-5-4-6-10-17)13-22-19(26)14-25-20(23-24-21(25)27)18-11-7-8-15(2)12-18/h4-12,16H,3,13-14H2,1-2H3,(H,22,26)(H,24,27). The number of aromatic amines is 1. The quantitative estimate of drug-likeness (QED) is 0.603. The fraction of sp³-hybridized carbons (Fsp3) is 0.286. The third-order valence-electron chi connectivity index (χ3n) is 4.65. The van der Waals surface area contributed by atoms with Gasteiger partial charge in [-0.2, -0.15) is 5.10 Å². The Morgan fingerprint density at radius 3 is 2.70 bits per heavy atom. The van der Waals surface area contributed by atoms with E-state index in [0.29, 0.717) is 23.1 Å². The van der Waals surface area contributed by atoms with E-state index in [0.717, 1.165) is 17.5 Å². The number of rotatable bonds is 7. The second kappa shape index (κ2) is 8.77. The van der Waals surface area contributed by atoms with Crippen molar-refractivity contribution in [1.29, 1.82) is 0 Å². The summed E-state index contributed by atoms with van der Waals surface area (Å²) in [6.07, 6.45) is 0.962. The summed E-state index contributed by atoms with van der Waals surface area (Å²) in [5.74, 6) is 0.897. The predicted octanol–water partition coefficient (Wildman–Crippen LogP) is 4.23. The van der Waals surface area contributed by atoms with Gasteiger partial charge in [-0.25, -0.2) is 0 Å². The largest absolute Gasteiger partial charge is 0.354 e. The zero-order chi connectivity index (χ0) is 19.2. The normalized spacial score (nSPS) is 11.9. The molecule has 0 saturated carbocycles. The van der Waals surface area contributed by atoms with Gasteiger partial charge in [0.1, 0.15) is 6.54 Å². The average Bonchev–Trinajstić information content (AvgIpc) is 3.03. The van der Waals surface area contributed by atoms with Gasteiger partial charge >= 0.3 is 0 Å². The fourth-order valence-corrected chi connectivity index (χ4v) is 3.33. The number of carbonyl (C=O) groups is 1. The van der Waals surface area contributed by atoms with E-state index in [-0.39, 0.29) is 12.5 Å². The lowest BCUT2D eigenvalue weighted by Crippen LogP contribution is -2.31. The van der Waals surface area contributed by atoms with Crippen LogP contribution in [0, 0.1) is 11.7 Å². The zero-order valence-electron chi connectivity index (χ0n) is 15.6. The van der Waals surface area contributed by atoms with E-state index in [2.05, 4.69) is 34.6 Å². The Morgan fingerprint density at radius 1 is 1.22 bits per heavy atom. The molecule has 5 nitrogen and oxygen atoms in total. The molecule has 0 bridgehead atoms. The van der Waals surface area contributed by atoms with Crippen LogP contribution in [0.3, 0.4) is 0 Å². The number of H-pyrrole nitrogens is 1. The second-order valence-corrected chi connectivity index (χ2v) is 7.01. The number of hydrogen-bond donors (Lipinski definition) is 2. The Bertz CT molecular complexity index is 962. The summed E-state index contributed by atoms with van der Waals surface area (Å²) in [7, 11) is 0. The number of carbonyl (C=O) groups excluding carboxylic acids is 1. The van der Waals surface area contributed by atoms with E-state index >= 15 is 0 Å². The Morgan fingerprint density at radius 2 is 2.00 bits per heavy atom. The average molecular weight is 381 g/mol. The molecule has 3 aromatic rings. The molecule has 0 fully saturated rings. The molecule has 140 valence electrons.